The van der Waals surface area contributed by atoms with Gasteiger partial charge in [-0.25, -0.2) is 13.6 Å². The number of benzene rings is 2. The molecule has 2 aromatic heterocycles. The molecule has 2 aromatic carbocycles. The van der Waals surface area contributed by atoms with Crippen molar-refractivity contribution in [2.45, 2.75) is 45.0 Å². The highest BCUT2D eigenvalue weighted by atomic mass is 19.4. The number of furan rings is 1. The number of ether oxygens (including phenoxy) is 1. The summed E-state index contributed by atoms with van der Waals surface area (Å²) in [5, 5.41) is 0. The number of nitrogens with zero attached hydrogens (tertiary/aromatic N) is 4. The second-order valence-corrected chi connectivity index (χ2v) is 11.5. The van der Waals surface area contributed by atoms with E-state index in [1.807, 2.05) is 0 Å². The number of hydrogen-bond donors (Lipinski definition) is 1. The molecule has 17 heteroatoms. The molecule has 1 aliphatic rings. The third-order valence-electron chi connectivity index (χ3n) is 8.38. The number of nitrogens with two attached hydrogens (primary N) is 1. The van der Waals surface area contributed by atoms with Crippen LogP contribution in [-0.4, -0.2) is 47.3 Å². The van der Waals surface area contributed by atoms with E-state index in [0.717, 1.165) is 34.9 Å². The van der Waals surface area contributed by atoms with Crippen molar-refractivity contribution in [3.8, 4) is 5.75 Å². The molecule has 0 aliphatic carbocycles. The van der Waals surface area contributed by atoms with E-state index in [2.05, 4.69) is 0 Å². The van der Waals surface area contributed by atoms with Crippen LogP contribution in [0.3, 0.4) is 0 Å². The van der Waals surface area contributed by atoms with E-state index in [4.69, 9.17) is 14.9 Å². The van der Waals surface area contributed by atoms with Crippen molar-refractivity contribution in [3.05, 3.63) is 115 Å². The second kappa shape index (κ2) is 13.7. The smallest absolute Gasteiger partial charge is 0.449 e. The number of methoxy groups -OCH3 is 1. The number of piperazine rings is 1. The summed E-state index contributed by atoms with van der Waals surface area (Å²) in [6.45, 7) is 0.643. The minimum absolute atomic E-state index is 0.0322. The lowest BCUT2D eigenvalue weighted by atomic mass is 10.1. The molecule has 264 valence electrons. The number of alkyl halides is 6. The van der Waals surface area contributed by atoms with Crippen LogP contribution in [0, 0.1) is 18.6 Å². The lowest BCUT2D eigenvalue weighted by Gasteiger charge is -2.36. The van der Waals surface area contributed by atoms with Crippen LogP contribution in [0.1, 0.15) is 39.9 Å². The highest BCUT2D eigenvalue weighted by molar-refractivity contribution is 5.50. The molecule has 0 amide bonds. The Hall–Kier alpha value is -4.64. The quantitative estimate of drug-likeness (QED) is 0.237. The average molecular weight is 702 g/mol. The zero-order valence-electron chi connectivity index (χ0n) is 26.2. The van der Waals surface area contributed by atoms with Crippen molar-refractivity contribution in [1.29, 1.82) is 0 Å². The summed E-state index contributed by atoms with van der Waals surface area (Å²) < 4.78 is 122. The Bertz CT molecular complexity index is 1940. The van der Waals surface area contributed by atoms with Crippen LogP contribution in [0.15, 0.2) is 62.5 Å². The predicted molar refractivity (Wildman–Crippen MR) is 161 cm³/mol. The van der Waals surface area contributed by atoms with Crippen molar-refractivity contribution in [2.75, 3.05) is 38.2 Å². The van der Waals surface area contributed by atoms with Gasteiger partial charge in [0.15, 0.2) is 0 Å². The molecular formula is C32H31F8N5O4. The summed E-state index contributed by atoms with van der Waals surface area (Å²) in [4.78, 5) is 31.3. The maximum absolute atomic E-state index is 15.0. The molecule has 5 rings (SSSR count). The normalized spacial score (nSPS) is 15.1. The van der Waals surface area contributed by atoms with Gasteiger partial charge in [-0.3, -0.25) is 18.8 Å². The van der Waals surface area contributed by atoms with Crippen molar-refractivity contribution < 1.29 is 44.3 Å². The summed E-state index contributed by atoms with van der Waals surface area (Å²) in [5.74, 6) is -2.81. The van der Waals surface area contributed by atoms with Gasteiger partial charge in [-0.15, -0.1) is 0 Å². The molecule has 3 heterocycles. The van der Waals surface area contributed by atoms with Crippen molar-refractivity contribution in [1.82, 2.24) is 14.0 Å². The highest BCUT2D eigenvalue weighted by Gasteiger charge is 2.36. The summed E-state index contributed by atoms with van der Waals surface area (Å²) in [5.41, 5.74) is 2.28. The Kier molecular flexibility index (Phi) is 9.97. The van der Waals surface area contributed by atoms with Gasteiger partial charge in [-0.2, -0.15) is 26.3 Å². The summed E-state index contributed by atoms with van der Waals surface area (Å²) >= 11 is 0. The second-order valence-electron chi connectivity index (χ2n) is 11.5. The van der Waals surface area contributed by atoms with Gasteiger partial charge in [0.1, 0.15) is 28.8 Å². The van der Waals surface area contributed by atoms with E-state index < -0.39 is 71.3 Å². The van der Waals surface area contributed by atoms with Gasteiger partial charge >= 0.3 is 18.0 Å². The van der Waals surface area contributed by atoms with E-state index in [9.17, 15) is 44.7 Å². The molecule has 1 fully saturated rings. The molecule has 0 unspecified atom stereocenters. The summed E-state index contributed by atoms with van der Waals surface area (Å²) in [7, 11) is 1.31. The summed E-state index contributed by atoms with van der Waals surface area (Å²) in [6, 6.07) is 6.70. The third-order valence-corrected chi connectivity index (χ3v) is 8.38. The Morgan fingerprint density at radius 2 is 1.59 bits per heavy atom. The maximum atomic E-state index is 15.0. The van der Waals surface area contributed by atoms with Crippen molar-refractivity contribution >= 4 is 5.69 Å². The molecule has 49 heavy (non-hydrogen) atoms. The number of hydrogen-bond acceptors (Lipinski definition) is 7. The standard InChI is InChI=1S/C32H31F8N5O4/c1-18-28(43-12-10-42(11-13-43)15-20-7-9-27(49-20)32(38,39)40)29(46)45(17-25(41)21-14-19(33)6-8-26(21)48-2)30(47)44(18)16-22-23(31(35,36)37)4-3-5-24(22)34/h3-9,14,25H,10-13,15-17,41H2,1-2H3/t25-/m1/s1. The predicted octanol–water partition coefficient (Wildman–Crippen LogP) is 5.31. The van der Waals surface area contributed by atoms with Crippen LogP contribution >= 0.6 is 0 Å². The van der Waals surface area contributed by atoms with Crippen molar-refractivity contribution in [3.63, 3.8) is 0 Å². The van der Waals surface area contributed by atoms with E-state index in [1.165, 1.54) is 26.2 Å². The van der Waals surface area contributed by atoms with Gasteiger partial charge in [-0.05, 0) is 49.4 Å². The first-order chi connectivity index (χ1) is 23.0. The van der Waals surface area contributed by atoms with Crippen LogP contribution in [0.2, 0.25) is 0 Å². The van der Waals surface area contributed by atoms with Gasteiger partial charge in [0.25, 0.3) is 5.56 Å². The molecule has 4 aromatic rings. The van der Waals surface area contributed by atoms with Gasteiger partial charge in [-0.1, -0.05) is 6.07 Å². The minimum atomic E-state index is -4.96. The molecule has 0 bridgehead atoms. The lowest BCUT2D eigenvalue weighted by molar-refractivity contribution is -0.153. The van der Waals surface area contributed by atoms with Gasteiger partial charge < -0.3 is 19.8 Å². The SMILES string of the molecule is COc1ccc(F)cc1[C@H](N)Cn1c(=O)c(N2CCN(Cc3ccc(C(F)(F)F)o3)CC2)c(C)n(Cc2c(F)cccc2C(F)(F)F)c1=O. The number of rotatable bonds is 9. The number of halogens is 8. The first kappa shape index (κ1) is 35.7. The van der Waals surface area contributed by atoms with Crippen LogP contribution in [0.5, 0.6) is 5.75 Å². The number of aromatic nitrogens is 2. The van der Waals surface area contributed by atoms with Gasteiger partial charge in [0, 0.05) is 43.0 Å². The Labute approximate surface area is 273 Å². The fraction of sp³-hybridized carbons (Fsp3) is 0.375. The zero-order chi connectivity index (χ0) is 35.8. The maximum Gasteiger partial charge on any atom is 0.449 e. The molecule has 1 aliphatic heterocycles. The molecule has 1 atom stereocenters. The average Bonchev–Trinajstić information content (AvgIpc) is 3.51. The molecule has 0 radical (unpaired) electrons. The van der Waals surface area contributed by atoms with E-state index in [0.29, 0.717) is 10.6 Å². The fourth-order valence-electron chi connectivity index (χ4n) is 5.90. The zero-order valence-corrected chi connectivity index (χ0v) is 26.2. The first-order valence-corrected chi connectivity index (χ1v) is 14.9. The van der Waals surface area contributed by atoms with Crippen LogP contribution < -0.4 is 26.6 Å². The molecule has 2 N–H and O–H groups in total. The number of anilines is 1. The van der Waals surface area contributed by atoms with Gasteiger partial charge in [0.2, 0.25) is 5.76 Å². The Balaban J connectivity index is 1.54. The monoisotopic (exact) mass is 701 g/mol. The Morgan fingerprint density at radius 3 is 2.20 bits per heavy atom. The third kappa shape index (κ3) is 7.51. The largest absolute Gasteiger partial charge is 0.496 e. The summed E-state index contributed by atoms with van der Waals surface area (Å²) in [6.07, 6.45) is -9.61. The van der Waals surface area contributed by atoms with Crippen LogP contribution in [-0.2, 0) is 32.0 Å². The molecule has 1 saturated heterocycles. The molecular weight excluding hydrogens is 670 g/mol. The molecule has 9 nitrogen and oxygen atoms in total. The Morgan fingerprint density at radius 1 is 0.898 bits per heavy atom. The van der Waals surface area contributed by atoms with Gasteiger partial charge in [0.05, 0.1) is 38.3 Å². The fourth-order valence-corrected chi connectivity index (χ4v) is 5.90. The highest BCUT2D eigenvalue weighted by Crippen LogP contribution is 2.34. The van der Waals surface area contributed by atoms with Crippen LogP contribution in [0.25, 0.3) is 0 Å². The minimum Gasteiger partial charge on any atom is -0.496 e. The van der Waals surface area contributed by atoms with E-state index in [-0.39, 0.29) is 61.2 Å². The topological polar surface area (TPSA) is 98.9 Å². The van der Waals surface area contributed by atoms with Crippen molar-refractivity contribution in [2.24, 2.45) is 5.73 Å². The van der Waals surface area contributed by atoms with E-state index in [1.54, 1.807) is 9.80 Å². The first-order valence-electron chi connectivity index (χ1n) is 14.9. The molecule has 0 spiro atoms. The van der Waals surface area contributed by atoms with Crippen LogP contribution in [0.4, 0.5) is 40.8 Å². The van der Waals surface area contributed by atoms with E-state index >= 15 is 0 Å². The molecule has 0 saturated carbocycles. The lowest BCUT2D eigenvalue weighted by Crippen LogP contribution is -2.51.